The number of hydrogen-bond acceptors (Lipinski definition) is 8. The van der Waals surface area contributed by atoms with Gasteiger partial charge in [-0.2, -0.15) is 0 Å². The third-order valence-electron chi connectivity index (χ3n) is 7.10. The topological polar surface area (TPSA) is 138 Å². The lowest BCUT2D eigenvalue weighted by molar-refractivity contribution is 0.0745. The van der Waals surface area contributed by atoms with Gasteiger partial charge in [0.15, 0.2) is 5.78 Å². The highest BCUT2D eigenvalue weighted by atomic mass is 16.2. The Morgan fingerprint density at radius 2 is 1.59 bits per heavy atom. The number of piperazine rings is 1. The molecule has 0 spiro atoms. The van der Waals surface area contributed by atoms with Crippen molar-refractivity contribution in [2.75, 3.05) is 31.1 Å². The number of nitrogens with zero attached hydrogens (tertiary/aromatic N) is 5. The third-order valence-corrected chi connectivity index (χ3v) is 7.10. The molecule has 1 aliphatic heterocycles. The number of hydrogen-bond donors (Lipinski definition) is 1. The molecule has 0 unspecified atom stereocenters. The van der Waals surface area contributed by atoms with Gasteiger partial charge in [0.1, 0.15) is 11.3 Å². The molecule has 1 fully saturated rings. The summed E-state index contributed by atoms with van der Waals surface area (Å²) in [6, 6.07) is 8.56. The number of ketones is 2. The van der Waals surface area contributed by atoms with Crippen molar-refractivity contribution in [1.82, 2.24) is 24.4 Å². The van der Waals surface area contributed by atoms with E-state index in [4.69, 9.17) is 0 Å². The van der Waals surface area contributed by atoms with Gasteiger partial charge in [-0.25, -0.2) is 14.8 Å². The minimum atomic E-state index is -0.850. The lowest BCUT2D eigenvalue weighted by atomic mass is 9.75. The van der Waals surface area contributed by atoms with Crippen molar-refractivity contribution in [3.05, 3.63) is 97.1 Å². The molecule has 11 heteroatoms. The van der Waals surface area contributed by atoms with Gasteiger partial charge in [0, 0.05) is 55.3 Å². The highest BCUT2D eigenvalue weighted by molar-refractivity contribution is 6.27. The first kappa shape index (κ1) is 22.8. The third kappa shape index (κ3) is 3.79. The van der Waals surface area contributed by atoms with Gasteiger partial charge >= 0.3 is 5.69 Å². The summed E-state index contributed by atoms with van der Waals surface area (Å²) < 4.78 is 1.13. The van der Waals surface area contributed by atoms with Gasteiger partial charge in [-0.05, 0) is 36.6 Å². The quantitative estimate of drug-likeness (QED) is 0.558. The van der Waals surface area contributed by atoms with Crippen molar-refractivity contribution in [2.24, 2.45) is 0 Å². The summed E-state index contributed by atoms with van der Waals surface area (Å²) in [5, 5.41) is 0. The summed E-state index contributed by atoms with van der Waals surface area (Å²) in [7, 11) is 0. The standard InChI is InChI=1S/C26H22N6O5/c33-21-17-5-6-18(17)22(34)20-19(21)23(35)29-26(37)32(20)14-15-3-1-4-16(13-15)24(36)30-9-11-31(12-10-30)25-27-7-2-8-28-25/h1-4,7-8,13H,5-6,9-12,14H2,(H,29,35,37). The molecule has 1 saturated heterocycles. The molecule has 0 saturated carbocycles. The lowest BCUT2D eigenvalue weighted by Gasteiger charge is -2.34. The van der Waals surface area contributed by atoms with E-state index in [0.717, 1.165) is 4.57 Å². The Kier molecular flexibility index (Phi) is 5.40. The number of carbonyl (C=O) groups is 3. The molecule has 0 atom stereocenters. The fraction of sp³-hybridized carbons (Fsp3) is 0.269. The zero-order valence-electron chi connectivity index (χ0n) is 19.8. The van der Waals surface area contributed by atoms with Gasteiger partial charge in [-0.3, -0.25) is 28.7 Å². The first-order chi connectivity index (χ1) is 17.9. The van der Waals surface area contributed by atoms with Crippen LogP contribution in [-0.2, 0) is 6.54 Å². The van der Waals surface area contributed by atoms with Crippen molar-refractivity contribution < 1.29 is 14.4 Å². The van der Waals surface area contributed by atoms with E-state index in [2.05, 4.69) is 15.0 Å². The van der Waals surface area contributed by atoms with Crippen LogP contribution in [0.5, 0.6) is 0 Å². The van der Waals surface area contributed by atoms with Crippen LogP contribution in [0.1, 0.15) is 49.6 Å². The van der Waals surface area contributed by atoms with E-state index in [9.17, 15) is 24.0 Å². The molecule has 3 aromatic rings. The number of fused-ring (bicyclic) bond motifs is 1. The average Bonchev–Trinajstić information content (AvgIpc) is 2.89. The van der Waals surface area contributed by atoms with Crippen molar-refractivity contribution in [1.29, 1.82) is 0 Å². The summed E-state index contributed by atoms with van der Waals surface area (Å²) in [6.45, 7) is 2.13. The number of allylic oxidation sites excluding steroid dienone is 2. The molecule has 1 aromatic carbocycles. The van der Waals surface area contributed by atoms with Gasteiger partial charge in [0.05, 0.1) is 6.54 Å². The number of aromatic nitrogens is 4. The van der Waals surface area contributed by atoms with E-state index in [1.807, 2.05) is 4.90 Å². The Hall–Kier alpha value is -4.67. The van der Waals surface area contributed by atoms with Gasteiger partial charge in [0.2, 0.25) is 11.7 Å². The Balaban J connectivity index is 1.25. The predicted molar refractivity (Wildman–Crippen MR) is 132 cm³/mol. The van der Waals surface area contributed by atoms with E-state index in [1.165, 1.54) is 0 Å². The van der Waals surface area contributed by atoms with Crippen LogP contribution in [0.2, 0.25) is 0 Å². The molecular formula is C26H22N6O5. The zero-order valence-corrected chi connectivity index (χ0v) is 19.8. The Labute approximate surface area is 210 Å². The maximum Gasteiger partial charge on any atom is 0.329 e. The summed E-state index contributed by atoms with van der Waals surface area (Å²) in [4.78, 5) is 78.7. The SMILES string of the molecule is O=C1C2=C(CC2)C(=O)c2c1c(=O)[nH]c(=O)n2Cc1cccc(C(=O)N2CCN(c3ncccn3)CC2)c1. The van der Waals surface area contributed by atoms with Gasteiger partial charge < -0.3 is 9.80 Å². The predicted octanol–water partition coefficient (Wildman–Crippen LogP) is 0.807. The number of benzene rings is 1. The molecule has 1 N–H and O–H groups in total. The Bertz CT molecular complexity index is 1610. The van der Waals surface area contributed by atoms with Crippen molar-refractivity contribution in [2.45, 2.75) is 19.4 Å². The van der Waals surface area contributed by atoms with Crippen LogP contribution in [-0.4, -0.2) is 68.1 Å². The molecule has 3 heterocycles. The smallest absolute Gasteiger partial charge is 0.329 e. The van der Waals surface area contributed by atoms with E-state index < -0.39 is 22.8 Å². The second-order valence-electron chi connectivity index (χ2n) is 9.21. The molecule has 1 amide bonds. The van der Waals surface area contributed by atoms with Crippen LogP contribution in [0.4, 0.5) is 5.95 Å². The van der Waals surface area contributed by atoms with Crippen LogP contribution in [0.15, 0.2) is 63.5 Å². The first-order valence-corrected chi connectivity index (χ1v) is 12.0. The number of rotatable bonds is 4. The maximum absolute atomic E-state index is 13.2. The minimum absolute atomic E-state index is 0.0696. The van der Waals surface area contributed by atoms with Crippen LogP contribution >= 0.6 is 0 Å². The lowest BCUT2D eigenvalue weighted by Crippen LogP contribution is -2.49. The zero-order chi connectivity index (χ0) is 25.7. The molecule has 2 aliphatic carbocycles. The number of carbonyl (C=O) groups excluding carboxylic acids is 3. The van der Waals surface area contributed by atoms with Crippen LogP contribution in [0.25, 0.3) is 0 Å². The largest absolute Gasteiger partial charge is 0.337 e. The maximum atomic E-state index is 13.2. The van der Waals surface area contributed by atoms with E-state index in [1.54, 1.807) is 47.6 Å². The molecular weight excluding hydrogens is 476 g/mol. The highest BCUT2D eigenvalue weighted by Gasteiger charge is 2.40. The van der Waals surface area contributed by atoms with Crippen LogP contribution < -0.4 is 16.1 Å². The first-order valence-electron chi connectivity index (χ1n) is 12.0. The number of amides is 1. The minimum Gasteiger partial charge on any atom is -0.337 e. The summed E-state index contributed by atoms with van der Waals surface area (Å²) in [6.07, 6.45) is 4.27. The molecule has 2 aromatic heterocycles. The number of anilines is 1. The number of aromatic amines is 1. The number of Topliss-reactive ketones (excluding diaryl/α,β-unsaturated/α-hetero) is 2. The summed E-state index contributed by atoms with van der Waals surface area (Å²) in [5.41, 5.74) is -0.309. The van der Waals surface area contributed by atoms with E-state index >= 15 is 0 Å². The monoisotopic (exact) mass is 498 g/mol. The number of H-pyrrole nitrogens is 1. The highest BCUT2D eigenvalue weighted by Crippen LogP contribution is 2.37. The average molecular weight is 498 g/mol. The van der Waals surface area contributed by atoms with Gasteiger partial charge in [-0.15, -0.1) is 0 Å². The normalized spacial score (nSPS) is 16.9. The number of nitrogens with one attached hydrogen (secondary N) is 1. The molecule has 186 valence electrons. The van der Waals surface area contributed by atoms with Crippen molar-refractivity contribution >= 4 is 23.4 Å². The molecule has 0 radical (unpaired) electrons. The van der Waals surface area contributed by atoms with Crippen LogP contribution in [0.3, 0.4) is 0 Å². The van der Waals surface area contributed by atoms with Crippen LogP contribution in [0, 0.1) is 0 Å². The van der Waals surface area contributed by atoms with Crippen molar-refractivity contribution in [3.8, 4) is 0 Å². The van der Waals surface area contributed by atoms with Gasteiger partial charge in [0.25, 0.3) is 11.5 Å². The Morgan fingerprint density at radius 1 is 0.892 bits per heavy atom. The second-order valence-corrected chi connectivity index (χ2v) is 9.21. The summed E-state index contributed by atoms with van der Waals surface area (Å²) in [5.74, 6) is -0.465. The van der Waals surface area contributed by atoms with Crippen molar-refractivity contribution in [3.63, 3.8) is 0 Å². The molecule has 11 nitrogen and oxygen atoms in total. The Morgan fingerprint density at radius 3 is 2.30 bits per heavy atom. The molecule has 37 heavy (non-hydrogen) atoms. The van der Waals surface area contributed by atoms with Gasteiger partial charge in [-0.1, -0.05) is 12.1 Å². The molecule has 0 bridgehead atoms. The molecule has 3 aliphatic rings. The molecule has 6 rings (SSSR count). The fourth-order valence-corrected chi connectivity index (χ4v) is 5.07. The van der Waals surface area contributed by atoms with E-state index in [0.29, 0.717) is 67.2 Å². The summed E-state index contributed by atoms with van der Waals surface area (Å²) >= 11 is 0. The second kappa shape index (κ2) is 8.77. The van der Waals surface area contributed by atoms with E-state index in [-0.39, 0.29) is 23.7 Å². The fourth-order valence-electron chi connectivity index (χ4n) is 5.07.